The SMILES string of the molecule is CC(O[Si](C)(C)C)P(=O)(N(C)C)N(C)C. The molecule has 6 heteroatoms. The van der Waals surface area contributed by atoms with E-state index in [1.54, 1.807) is 9.34 Å². The molecule has 1 unspecified atom stereocenters. The molecule has 0 fully saturated rings. The van der Waals surface area contributed by atoms with Crippen molar-refractivity contribution in [3.63, 3.8) is 0 Å². The molecule has 0 aromatic carbocycles. The summed E-state index contributed by atoms with van der Waals surface area (Å²) in [6, 6.07) is 0. The molecule has 0 heterocycles. The standard InChI is InChI=1S/C9H25N2O2PSi/c1-9(13-15(6,7)8)14(12,10(2)3)11(4)5/h9H,1-8H3. The van der Waals surface area contributed by atoms with Crippen molar-refractivity contribution < 1.29 is 8.99 Å². The van der Waals surface area contributed by atoms with Crippen LogP contribution in [0.1, 0.15) is 6.92 Å². The molecule has 0 amide bonds. The minimum Gasteiger partial charge on any atom is -0.405 e. The van der Waals surface area contributed by atoms with E-state index >= 15 is 0 Å². The first-order valence-electron chi connectivity index (χ1n) is 5.15. The third kappa shape index (κ3) is 4.00. The number of nitrogens with zero attached hydrogens (tertiary/aromatic N) is 2. The van der Waals surface area contributed by atoms with Crippen LogP contribution in [0.4, 0.5) is 0 Å². The zero-order valence-corrected chi connectivity index (χ0v) is 13.1. The maximum absolute atomic E-state index is 12.7. The molecule has 0 saturated carbocycles. The zero-order chi connectivity index (χ0) is 12.4. The van der Waals surface area contributed by atoms with Gasteiger partial charge in [0, 0.05) is 0 Å². The second-order valence-electron chi connectivity index (χ2n) is 5.11. The molecule has 0 aliphatic heterocycles. The predicted octanol–water partition coefficient (Wildman–Crippen LogP) is 2.50. The molecule has 92 valence electrons. The van der Waals surface area contributed by atoms with Crippen LogP contribution in [0.5, 0.6) is 0 Å². The number of hydrogen-bond acceptors (Lipinski definition) is 2. The Kier molecular flexibility index (Phi) is 5.22. The maximum atomic E-state index is 12.7. The fourth-order valence-corrected chi connectivity index (χ4v) is 6.13. The topological polar surface area (TPSA) is 32.8 Å². The summed E-state index contributed by atoms with van der Waals surface area (Å²) in [7, 11) is 3.13. The van der Waals surface area contributed by atoms with Crippen molar-refractivity contribution in [3.8, 4) is 0 Å². The average molecular weight is 252 g/mol. The Morgan fingerprint density at radius 1 is 1.07 bits per heavy atom. The lowest BCUT2D eigenvalue weighted by Crippen LogP contribution is -2.36. The van der Waals surface area contributed by atoms with Gasteiger partial charge in [0.15, 0.2) is 8.32 Å². The summed E-state index contributed by atoms with van der Waals surface area (Å²) in [6.07, 6.45) is 0. The van der Waals surface area contributed by atoms with Crippen LogP contribution in [0.2, 0.25) is 19.6 Å². The Morgan fingerprint density at radius 2 is 1.40 bits per heavy atom. The Balaban J connectivity index is 4.89. The minimum atomic E-state index is -2.57. The summed E-state index contributed by atoms with van der Waals surface area (Å²) in [5.41, 5.74) is 0. The molecule has 0 bridgehead atoms. The number of rotatable bonds is 5. The molecule has 0 N–H and O–H groups in total. The van der Waals surface area contributed by atoms with Crippen LogP contribution in [0.25, 0.3) is 0 Å². The lowest BCUT2D eigenvalue weighted by atomic mass is 10.9. The lowest BCUT2D eigenvalue weighted by Gasteiger charge is -2.37. The summed E-state index contributed by atoms with van der Waals surface area (Å²) < 4.78 is 22.2. The van der Waals surface area contributed by atoms with Crippen LogP contribution in [0, 0.1) is 0 Å². The monoisotopic (exact) mass is 252 g/mol. The van der Waals surface area contributed by atoms with Gasteiger partial charge in [-0.3, -0.25) is 4.57 Å². The first kappa shape index (κ1) is 15.3. The molecular formula is C9H25N2O2PSi. The first-order chi connectivity index (χ1) is 6.51. The molecule has 4 nitrogen and oxygen atoms in total. The minimum absolute atomic E-state index is 0.242. The smallest absolute Gasteiger partial charge is 0.241 e. The molecule has 0 saturated heterocycles. The van der Waals surface area contributed by atoms with Crippen molar-refractivity contribution in [2.24, 2.45) is 0 Å². The largest absolute Gasteiger partial charge is 0.405 e. The van der Waals surface area contributed by atoms with E-state index in [9.17, 15) is 4.57 Å². The van der Waals surface area contributed by atoms with Crippen molar-refractivity contribution in [3.05, 3.63) is 0 Å². The van der Waals surface area contributed by atoms with Crippen molar-refractivity contribution in [1.29, 1.82) is 0 Å². The third-order valence-electron chi connectivity index (χ3n) is 2.14. The van der Waals surface area contributed by atoms with Gasteiger partial charge in [0.05, 0.1) is 0 Å². The van der Waals surface area contributed by atoms with Crippen molar-refractivity contribution >= 4 is 15.8 Å². The number of hydrogen-bond donors (Lipinski definition) is 0. The maximum Gasteiger partial charge on any atom is 0.241 e. The van der Waals surface area contributed by atoms with Gasteiger partial charge in [-0.05, 0) is 54.8 Å². The predicted molar refractivity (Wildman–Crippen MR) is 68.9 cm³/mol. The van der Waals surface area contributed by atoms with Gasteiger partial charge in [-0.25, -0.2) is 9.34 Å². The van der Waals surface area contributed by atoms with Crippen molar-refractivity contribution in [2.45, 2.75) is 32.4 Å². The fraction of sp³-hybridized carbons (Fsp3) is 1.00. The summed E-state index contributed by atoms with van der Waals surface area (Å²) >= 11 is 0. The van der Waals surface area contributed by atoms with Crippen molar-refractivity contribution in [2.75, 3.05) is 28.2 Å². The van der Waals surface area contributed by atoms with Crippen molar-refractivity contribution in [1.82, 2.24) is 9.34 Å². The normalized spacial score (nSPS) is 16.1. The molecule has 0 aliphatic carbocycles. The molecule has 0 aromatic heterocycles. The highest BCUT2D eigenvalue weighted by Crippen LogP contribution is 2.54. The van der Waals surface area contributed by atoms with Gasteiger partial charge < -0.3 is 4.43 Å². The summed E-state index contributed by atoms with van der Waals surface area (Å²) in [6.45, 7) is 8.23. The van der Waals surface area contributed by atoms with Gasteiger partial charge in [0.25, 0.3) is 0 Å². The second-order valence-corrected chi connectivity index (χ2v) is 13.1. The van der Waals surface area contributed by atoms with Crippen LogP contribution >= 0.6 is 7.44 Å². The van der Waals surface area contributed by atoms with E-state index in [1.807, 2.05) is 35.1 Å². The summed E-state index contributed by atoms with van der Waals surface area (Å²) in [5.74, 6) is -0.242. The third-order valence-corrected chi connectivity index (χ3v) is 6.75. The highest BCUT2D eigenvalue weighted by Gasteiger charge is 2.37. The van der Waals surface area contributed by atoms with E-state index in [2.05, 4.69) is 19.6 Å². The van der Waals surface area contributed by atoms with Gasteiger partial charge in [-0.15, -0.1) is 0 Å². The zero-order valence-electron chi connectivity index (χ0n) is 11.2. The van der Waals surface area contributed by atoms with E-state index in [0.717, 1.165) is 0 Å². The first-order valence-corrected chi connectivity index (χ1v) is 10.2. The average Bonchev–Trinajstić information content (AvgIpc) is 1.98. The Bertz CT molecular complexity index is 239. The van der Waals surface area contributed by atoms with Crippen LogP contribution < -0.4 is 0 Å². The van der Waals surface area contributed by atoms with Gasteiger partial charge in [0.2, 0.25) is 7.44 Å². The molecule has 0 rings (SSSR count). The molecular weight excluding hydrogens is 227 g/mol. The molecule has 0 spiro atoms. The highest BCUT2D eigenvalue weighted by molar-refractivity contribution is 7.59. The second kappa shape index (κ2) is 5.10. The van der Waals surface area contributed by atoms with Gasteiger partial charge in [-0.1, -0.05) is 0 Å². The van der Waals surface area contributed by atoms with Crippen LogP contribution in [-0.4, -0.2) is 51.7 Å². The summed E-state index contributed by atoms with van der Waals surface area (Å²) in [4.78, 5) is 0. The van der Waals surface area contributed by atoms with E-state index in [0.29, 0.717) is 0 Å². The Hall–Kier alpha value is 0.327. The molecule has 1 atom stereocenters. The molecule has 0 aromatic rings. The quantitative estimate of drug-likeness (QED) is 0.556. The molecule has 0 aliphatic rings. The summed E-state index contributed by atoms with van der Waals surface area (Å²) in [5, 5.41) is 0. The van der Waals surface area contributed by atoms with Gasteiger partial charge in [0.1, 0.15) is 5.85 Å². The van der Waals surface area contributed by atoms with Crippen LogP contribution in [0.3, 0.4) is 0 Å². The Morgan fingerprint density at radius 3 is 1.60 bits per heavy atom. The molecule has 0 radical (unpaired) electrons. The van der Waals surface area contributed by atoms with E-state index in [4.69, 9.17) is 4.43 Å². The van der Waals surface area contributed by atoms with Gasteiger partial charge in [-0.2, -0.15) is 0 Å². The van der Waals surface area contributed by atoms with E-state index < -0.39 is 15.8 Å². The van der Waals surface area contributed by atoms with Gasteiger partial charge >= 0.3 is 0 Å². The van der Waals surface area contributed by atoms with E-state index in [1.165, 1.54) is 0 Å². The van der Waals surface area contributed by atoms with Crippen LogP contribution in [0.15, 0.2) is 0 Å². The fourth-order valence-electron chi connectivity index (χ4n) is 1.59. The Labute approximate surface area is 95.2 Å². The van der Waals surface area contributed by atoms with Crippen LogP contribution in [-0.2, 0) is 8.99 Å². The molecule has 15 heavy (non-hydrogen) atoms. The highest BCUT2D eigenvalue weighted by atomic mass is 31.2. The van der Waals surface area contributed by atoms with E-state index in [-0.39, 0.29) is 5.85 Å². The lowest BCUT2D eigenvalue weighted by molar-refractivity contribution is 0.258.